The molecular formula is C19H23NO6. The van der Waals surface area contributed by atoms with E-state index in [9.17, 15) is 9.59 Å². The van der Waals surface area contributed by atoms with Gasteiger partial charge >= 0.3 is 5.97 Å². The first-order chi connectivity index (χ1) is 12.5. The van der Waals surface area contributed by atoms with E-state index in [0.717, 1.165) is 0 Å². The smallest absolute Gasteiger partial charge is 0.310 e. The zero-order chi connectivity index (χ0) is 18.9. The molecule has 1 amide bonds. The van der Waals surface area contributed by atoms with E-state index in [1.165, 1.54) is 18.3 Å². The maximum absolute atomic E-state index is 12.6. The van der Waals surface area contributed by atoms with Crippen LogP contribution in [-0.4, -0.2) is 44.1 Å². The van der Waals surface area contributed by atoms with E-state index in [0.29, 0.717) is 17.3 Å². The minimum atomic E-state index is -0.462. The zero-order valence-electron chi connectivity index (χ0n) is 15.1. The van der Waals surface area contributed by atoms with Crippen molar-refractivity contribution in [1.29, 1.82) is 0 Å². The number of carbonyl (C=O) groups is 2. The lowest BCUT2D eigenvalue weighted by Crippen LogP contribution is -2.39. The molecule has 7 nitrogen and oxygen atoms in total. The van der Waals surface area contributed by atoms with Gasteiger partial charge in [0.25, 0.3) is 5.91 Å². The van der Waals surface area contributed by atoms with Crippen LogP contribution < -0.4 is 9.47 Å². The summed E-state index contributed by atoms with van der Waals surface area (Å²) in [5.41, 5.74) is 0. The Balaban J connectivity index is 2.02. The highest BCUT2D eigenvalue weighted by Gasteiger charge is 2.23. The Kier molecular flexibility index (Phi) is 7.08. The highest BCUT2D eigenvalue weighted by atomic mass is 16.5. The van der Waals surface area contributed by atoms with E-state index in [2.05, 4.69) is 0 Å². The Labute approximate surface area is 152 Å². The number of furan rings is 1. The SMILES string of the molecule is COC(=O)C(C)CN(Cc1ccco1)C(=O)COc1cccc(OC)c1. The molecule has 140 valence electrons. The number of rotatable bonds is 9. The van der Waals surface area contributed by atoms with E-state index in [4.69, 9.17) is 18.6 Å². The summed E-state index contributed by atoms with van der Waals surface area (Å²) in [5.74, 6) is 0.682. The Bertz CT molecular complexity index is 713. The fraction of sp³-hybridized carbons (Fsp3) is 0.368. The summed E-state index contributed by atoms with van der Waals surface area (Å²) >= 11 is 0. The molecule has 0 bridgehead atoms. The molecule has 0 aliphatic heterocycles. The summed E-state index contributed by atoms with van der Waals surface area (Å²) in [6, 6.07) is 10.5. The lowest BCUT2D eigenvalue weighted by atomic mass is 10.1. The summed E-state index contributed by atoms with van der Waals surface area (Å²) < 4.78 is 20.7. The van der Waals surface area contributed by atoms with Crippen LogP contribution in [0.3, 0.4) is 0 Å². The monoisotopic (exact) mass is 361 g/mol. The van der Waals surface area contributed by atoms with Crippen molar-refractivity contribution in [3.8, 4) is 11.5 Å². The number of hydrogen-bond acceptors (Lipinski definition) is 6. The number of benzene rings is 1. The molecule has 2 rings (SSSR count). The molecule has 7 heteroatoms. The minimum Gasteiger partial charge on any atom is -0.497 e. The average Bonchev–Trinajstić information content (AvgIpc) is 3.18. The zero-order valence-corrected chi connectivity index (χ0v) is 15.1. The summed E-state index contributed by atoms with van der Waals surface area (Å²) in [7, 11) is 2.88. The molecule has 2 aromatic rings. The molecule has 0 aliphatic carbocycles. The molecule has 1 aromatic carbocycles. The standard InChI is InChI=1S/C19H23NO6/c1-14(19(22)24-3)11-20(12-17-8-5-9-25-17)18(21)13-26-16-7-4-6-15(10-16)23-2/h4-10,14H,11-13H2,1-3H3. The van der Waals surface area contributed by atoms with Gasteiger partial charge in [-0.05, 0) is 24.3 Å². The number of hydrogen-bond donors (Lipinski definition) is 0. The van der Waals surface area contributed by atoms with Crippen molar-refractivity contribution in [3.63, 3.8) is 0 Å². The first-order valence-corrected chi connectivity index (χ1v) is 8.18. The number of nitrogens with zero attached hydrogens (tertiary/aromatic N) is 1. The topological polar surface area (TPSA) is 78.2 Å². The van der Waals surface area contributed by atoms with Gasteiger partial charge in [-0.15, -0.1) is 0 Å². The molecule has 26 heavy (non-hydrogen) atoms. The molecule has 1 unspecified atom stereocenters. The van der Waals surface area contributed by atoms with Crippen LogP contribution in [0.2, 0.25) is 0 Å². The second-order valence-electron chi connectivity index (χ2n) is 5.75. The van der Waals surface area contributed by atoms with Gasteiger partial charge in [-0.2, -0.15) is 0 Å². The molecule has 0 spiro atoms. The van der Waals surface area contributed by atoms with Crippen LogP contribution in [0.4, 0.5) is 0 Å². The van der Waals surface area contributed by atoms with Gasteiger partial charge in [-0.25, -0.2) is 0 Å². The van der Waals surface area contributed by atoms with Gasteiger partial charge in [0.1, 0.15) is 17.3 Å². The number of esters is 1. The van der Waals surface area contributed by atoms with Gasteiger partial charge in [-0.3, -0.25) is 9.59 Å². The van der Waals surface area contributed by atoms with E-state index in [1.807, 2.05) is 0 Å². The lowest BCUT2D eigenvalue weighted by Gasteiger charge is -2.24. The van der Waals surface area contributed by atoms with Crippen molar-refractivity contribution < 1.29 is 28.2 Å². The average molecular weight is 361 g/mol. The van der Waals surface area contributed by atoms with Gasteiger partial charge < -0.3 is 23.5 Å². The summed E-state index contributed by atoms with van der Waals surface area (Å²) in [5, 5.41) is 0. The van der Waals surface area contributed by atoms with Crippen molar-refractivity contribution >= 4 is 11.9 Å². The minimum absolute atomic E-state index is 0.165. The Morgan fingerprint density at radius 3 is 2.58 bits per heavy atom. The van der Waals surface area contributed by atoms with Crippen LogP contribution >= 0.6 is 0 Å². The predicted molar refractivity (Wildman–Crippen MR) is 93.8 cm³/mol. The third-order valence-electron chi connectivity index (χ3n) is 3.78. The normalized spacial score (nSPS) is 11.5. The third-order valence-corrected chi connectivity index (χ3v) is 3.78. The highest BCUT2D eigenvalue weighted by Crippen LogP contribution is 2.19. The Morgan fingerprint density at radius 1 is 1.15 bits per heavy atom. The fourth-order valence-electron chi connectivity index (χ4n) is 2.38. The summed E-state index contributed by atoms with van der Waals surface area (Å²) in [6.07, 6.45) is 1.54. The third kappa shape index (κ3) is 5.54. The van der Waals surface area contributed by atoms with E-state index < -0.39 is 5.92 Å². The van der Waals surface area contributed by atoms with E-state index in [-0.39, 0.29) is 31.6 Å². The molecular weight excluding hydrogens is 338 g/mol. The number of ether oxygens (including phenoxy) is 3. The number of carbonyl (C=O) groups excluding carboxylic acids is 2. The summed E-state index contributed by atoms with van der Waals surface area (Å²) in [6.45, 7) is 1.99. The molecule has 1 aromatic heterocycles. The first-order valence-electron chi connectivity index (χ1n) is 8.18. The van der Waals surface area contributed by atoms with Gasteiger partial charge in [0.15, 0.2) is 6.61 Å². The van der Waals surface area contributed by atoms with Gasteiger partial charge in [-0.1, -0.05) is 13.0 Å². The van der Waals surface area contributed by atoms with Crippen molar-refractivity contribution in [3.05, 3.63) is 48.4 Å². The Hall–Kier alpha value is -2.96. The second kappa shape index (κ2) is 9.50. The van der Waals surface area contributed by atoms with Crippen LogP contribution in [0.25, 0.3) is 0 Å². The van der Waals surface area contributed by atoms with Crippen molar-refractivity contribution in [2.24, 2.45) is 5.92 Å². The molecule has 0 N–H and O–H groups in total. The van der Waals surface area contributed by atoms with Crippen LogP contribution in [-0.2, 0) is 20.9 Å². The van der Waals surface area contributed by atoms with Crippen LogP contribution in [0, 0.1) is 5.92 Å². The Morgan fingerprint density at radius 2 is 1.92 bits per heavy atom. The molecule has 0 aliphatic rings. The van der Waals surface area contributed by atoms with Crippen LogP contribution in [0.1, 0.15) is 12.7 Å². The molecule has 0 saturated heterocycles. The molecule has 0 fully saturated rings. The van der Waals surface area contributed by atoms with Gasteiger partial charge in [0, 0.05) is 12.6 Å². The lowest BCUT2D eigenvalue weighted by molar-refractivity contribution is -0.147. The fourth-order valence-corrected chi connectivity index (χ4v) is 2.38. The van der Waals surface area contributed by atoms with Crippen LogP contribution in [0.15, 0.2) is 47.1 Å². The number of amides is 1. The van der Waals surface area contributed by atoms with E-state index >= 15 is 0 Å². The molecule has 0 saturated carbocycles. The van der Waals surface area contributed by atoms with Crippen LogP contribution in [0.5, 0.6) is 11.5 Å². The van der Waals surface area contributed by atoms with Gasteiger partial charge in [0.2, 0.25) is 0 Å². The second-order valence-corrected chi connectivity index (χ2v) is 5.75. The number of methoxy groups -OCH3 is 2. The van der Waals surface area contributed by atoms with Gasteiger partial charge in [0.05, 0.1) is 32.9 Å². The van der Waals surface area contributed by atoms with Crippen molar-refractivity contribution in [2.75, 3.05) is 27.4 Å². The predicted octanol–water partition coefficient (Wildman–Crippen LogP) is 2.50. The maximum Gasteiger partial charge on any atom is 0.310 e. The van der Waals surface area contributed by atoms with Crippen molar-refractivity contribution in [1.82, 2.24) is 4.90 Å². The quantitative estimate of drug-likeness (QED) is 0.639. The maximum atomic E-state index is 12.6. The largest absolute Gasteiger partial charge is 0.497 e. The van der Waals surface area contributed by atoms with Crippen molar-refractivity contribution in [2.45, 2.75) is 13.5 Å². The van der Waals surface area contributed by atoms with E-state index in [1.54, 1.807) is 50.4 Å². The highest BCUT2D eigenvalue weighted by molar-refractivity contribution is 5.79. The molecule has 1 heterocycles. The first kappa shape index (κ1) is 19.4. The molecule has 0 radical (unpaired) electrons. The summed E-state index contributed by atoms with van der Waals surface area (Å²) in [4.78, 5) is 25.8. The molecule has 1 atom stereocenters.